The van der Waals surface area contributed by atoms with E-state index in [-0.39, 0.29) is 12.1 Å². The van der Waals surface area contributed by atoms with E-state index in [2.05, 4.69) is 23.9 Å². The smallest absolute Gasteiger partial charge is 0.250 e. The van der Waals surface area contributed by atoms with Gasteiger partial charge >= 0.3 is 0 Å². The number of hydrogen-bond donors (Lipinski definition) is 2. The fourth-order valence-corrected chi connectivity index (χ4v) is 5.05. The van der Waals surface area contributed by atoms with Crippen LogP contribution in [-0.2, 0) is 21.3 Å². The summed E-state index contributed by atoms with van der Waals surface area (Å²) in [4.78, 5) is 1.03. The molecule has 7 heteroatoms. The van der Waals surface area contributed by atoms with Crippen molar-refractivity contribution in [1.82, 2.24) is 10.0 Å². The predicted octanol–water partition coefficient (Wildman–Crippen LogP) is 2.09. The molecule has 120 valence electrons. The van der Waals surface area contributed by atoms with Crippen LogP contribution in [0, 0.1) is 0 Å². The minimum Gasteiger partial charge on any atom is -0.381 e. The second-order valence-electron chi connectivity index (χ2n) is 5.75. The van der Waals surface area contributed by atoms with Gasteiger partial charge in [-0.3, -0.25) is 0 Å². The Kier molecular flexibility index (Phi) is 5.79. The van der Waals surface area contributed by atoms with Crippen molar-refractivity contribution in [1.29, 1.82) is 0 Å². The Balaban J connectivity index is 1.96. The molecule has 1 aromatic rings. The molecule has 0 aliphatic heterocycles. The van der Waals surface area contributed by atoms with E-state index in [1.807, 2.05) is 6.07 Å². The lowest BCUT2D eigenvalue weighted by molar-refractivity contribution is 0.107. The van der Waals surface area contributed by atoms with Gasteiger partial charge in [-0.2, -0.15) is 0 Å². The molecule has 1 aliphatic carbocycles. The first-order chi connectivity index (χ1) is 9.90. The lowest BCUT2D eigenvalue weighted by atomic mass is 10.3. The fraction of sp³-hybridized carbons (Fsp3) is 0.714. The van der Waals surface area contributed by atoms with Gasteiger partial charge in [0.2, 0.25) is 10.0 Å². The molecule has 2 rings (SSSR count). The molecule has 1 heterocycles. The zero-order valence-corrected chi connectivity index (χ0v) is 14.4. The number of rotatable bonds is 7. The van der Waals surface area contributed by atoms with E-state index < -0.39 is 10.0 Å². The Morgan fingerprint density at radius 1 is 1.38 bits per heavy atom. The monoisotopic (exact) mass is 332 g/mol. The maximum atomic E-state index is 12.4. The zero-order chi connectivity index (χ0) is 15.5. The molecule has 2 N–H and O–H groups in total. The number of sulfonamides is 1. The quantitative estimate of drug-likeness (QED) is 0.802. The van der Waals surface area contributed by atoms with Crippen LogP contribution in [0.25, 0.3) is 0 Å². The van der Waals surface area contributed by atoms with Crippen LogP contribution in [0.4, 0.5) is 0 Å². The normalized spacial score (nSPS) is 23.0. The summed E-state index contributed by atoms with van der Waals surface area (Å²) in [6.45, 7) is 4.84. The standard InChI is InChI=1S/C14H24N2O3S2/c1-10(2)15-9-13-6-7-14(20-13)21(17,18)16-11-4-5-12(8-11)19-3/h6-7,10-12,15-16H,4-5,8-9H2,1-3H3. The first-order valence-electron chi connectivity index (χ1n) is 7.28. The Bertz CT molecular complexity index is 554. The maximum absolute atomic E-state index is 12.4. The van der Waals surface area contributed by atoms with Crippen molar-refractivity contribution < 1.29 is 13.2 Å². The molecule has 1 aliphatic rings. The van der Waals surface area contributed by atoms with Gasteiger partial charge in [0.05, 0.1) is 6.10 Å². The van der Waals surface area contributed by atoms with Crippen LogP contribution in [0.2, 0.25) is 0 Å². The number of nitrogens with one attached hydrogen (secondary N) is 2. The summed E-state index contributed by atoms with van der Waals surface area (Å²) in [5.74, 6) is 0. The third-order valence-electron chi connectivity index (χ3n) is 3.63. The van der Waals surface area contributed by atoms with Crippen LogP contribution in [0.15, 0.2) is 16.3 Å². The predicted molar refractivity (Wildman–Crippen MR) is 85.1 cm³/mol. The van der Waals surface area contributed by atoms with E-state index in [0.29, 0.717) is 16.8 Å². The Morgan fingerprint density at radius 2 is 2.14 bits per heavy atom. The Morgan fingerprint density at radius 3 is 2.76 bits per heavy atom. The van der Waals surface area contributed by atoms with E-state index in [0.717, 1.165) is 24.1 Å². The van der Waals surface area contributed by atoms with E-state index >= 15 is 0 Å². The molecular weight excluding hydrogens is 308 g/mol. The molecule has 0 saturated heterocycles. The second kappa shape index (κ2) is 7.19. The Labute approximate surface area is 131 Å². The summed E-state index contributed by atoms with van der Waals surface area (Å²) < 4.78 is 33.2. The summed E-state index contributed by atoms with van der Waals surface area (Å²) in [5, 5.41) is 3.29. The van der Waals surface area contributed by atoms with Crippen molar-refractivity contribution in [2.45, 2.75) is 62.1 Å². The minimum absolute atomic E-state index is 0.0145. The highest BCUT2D eigenvalue weighted by atomic mass is 32.2. The largest absolute Gasteiger partial charge is 0.381 e. The van der Waals surface area contributed by atoms with E-state index in [4.69, 9.17) is 4.74 Å². The van der Waals surface area contributed by atoms with Gasteiger partial charge in [0.25, 0.3) is 0 Å². The minimum atomic E-state index is -3.41. The molecule has 0 spiro atoms. The first-order valence-corrected chi connectivity index (χ1v) is 9.58. The summed E-state index contributed by atoms with van der Waals surface area (Å²) in [5.41, 5.74) is 0. The molecule has 5 nitrogen and oxygen atoms in total. The molecule has 1 fully saturated rings. The molecule has 0 radical (unpaired) electrons. The van der Waals surface area contributed by atoms with Crippen LogP contribution >= 0.6 is 11.3 Å². The number of hydrogen-bond acceptors (Lipinski definition) is 5. The third-order valence-corrected chi connectivity index (χ3v) is 6.72. The molecule has 21 heavy (non-hydrogen) atoms. The zero-order valence-electron chi connectivity index (χ0n) is 12.8. The van der Waals surface area contributed by atoms with Gasteiger partial charge in [-0.1, -0.05) is 13.8 Å². The van der Waals surface area contributed by atoms with Gasteiger partial charge in [0.1, 0.15) is 4.21 Å². The molecule has 2 unspecified atom stereocenters. The van der Waals surface area contributed by atoms with Crippen LogP contribution in [0.3, 0.4) is 0 Å². The Hall–Kier alpha value is -0.470. The molecule has 2 atom stereocenters. The van der Waals surface area contributed by atoms with Gasteiger partial charge in [-0.05, 0) is 31.4 Å². The number of thiophene rings is 1. The van der Waals surface area contributed by atoms with Crippen molar-refractivity contribution in [3.8, 4) is 0 Å². The lowest BCUT2D eigenvalue weighted by Gasteiger charge is -2.12. The van der Waals surface area contributed by atoms with Crippen molar-refractivity contribution >= 4 is 21.4 Å². The molecule has 0 bridgehead atoms. The van der Waals surface area contributed by atoms with Crippen molar-refractivity contribution in [2.24, 2.45) is 0 Å². The van der Waals surface area contributed by atoms with Crippen molar-refractivity contribution in [3.63, 3.8) is 0 Å². The summed E-state index contributed by atoms with van der Waals surface area (Å²) >= 11 is 1.33. The highest BCUT2D eigenvalue weighted by Crippen LogP contribution is 2.26. The van der Waals surface area contributed by atoms with Crippen molar-refractivity contribution in [3.05, 3.63) is 17.0 Å². The van der Waals surface area contributed by atoms with E-state index in [9.17, 15) is 8.42 Å². The molecule has 0 amide bonds. The molecule has 0 aromatic carbocycles. The highest BCUT2D eigenvalue weighted by molar-refractivity contribution is 7.91. The first kappa shape index (κ1) is 16.9. The number of methoxy groups -OCH3 is 1. The summed E-state index contributed by atoms with van der Waals surface area (Å²) in [6.07, 6.45) is 2.68. The van der Waals surface area contributed by atoms with Gasteiger partial charge in [0, 0.05) is 30.6 Å². The SMILES string of the molecule is COC1CCC(NS(=O)(=O)c2ccc(CNC(C)C)s2)C1. The van der Waals surface area contributed by atoms with Crippen molar-refractivity contribution in [2.75, 3.05) is 7.11 Å². The summed E-state index contributed by atoms with van der Waals surface area (Å²) in [6, 6.07) is 3.93. The maximum Gasteiger partial charge on any atom is 0.250 e. The topological polar surface area (TPSA) is 67.4 Å². The lowest BCUT2D eigenvalue weighted by Crippen LogP contribution is -2.33. The average molecular weight is 332 g/mol. The summed E-state index contributed by atoms with van der Waals surface area (Å²) in [7, 11) is -1.73. The second-order valence-corrected chi connectivity index (χ2v) is 8.85. The van der Waals surface area contributed by atoms with E-state index in [1.165, 1.54) is 11.3 Å². The van der Waals surface area contributed by atoms with Crippen LogP contribution in [0.5, 0.6) is 0 Å². The van der Waals surface area contributed by atoms with Crippen LogP contribution in [0.1, 0.15) is 38.0 Å². The van der Waals surface area contributed by atoms with Crippen LogP contribution < -0.4 is 10.0 Å². The average Bonchev–Trinajstić information content (AvgIpc) is 3.04. The van der Waals surface area contributed by atoms with Gasteiger partial charge in [0.15, 0.2) is 0 Å². The highest BCUT2D eigenvalue weighted by Gasteiger charge is 2.29. The van der Waals surface area contributed by atoms with E-state index in [1.54, 1.807) is 13.2 Å². The molecule has 1 saturated carbocycles. The number of ether oxygens (including phenoxy) is 1. The van der Waals surface area contributed by atoms with Crippen LogP contribution in [-0.4, -0.2) is 33.7 Å². The fourth-order valence-electron chi connectivity index (χ4n) is 2.44. The molecule has 1 aromatic heterocycles. The van der Waals surface area contributed by atoms with Gasteiger partial charge in [-0.25, -0.2) is 13.1 Å². The molecular formula is C14H24N2O3S2. The van der Waals surface area contributed by atoms with Gasteiger partial charge in [-0.15, -0.1) is 11.3 Å². The van der Waals surface area contributed by atoms with Gasteiger partial charge < -0.3 is 10.1 Å². The third kappa shape index (κ3) is 4.75.